The van der Waals surface area contributed by atoms with Crippen molar-refractivity contribution in [1.29, 1.82) is 0 Å². The van der Waals surface area contributed by atoms with Gasteiger partial charge in [0.25, 0.3) is 0 Å². The number of nitrogens with one attached hydrogen (secondary N) is 1. The summed E-state index contributed by atoms with van der Waals surface area (Å²) in [5, 5.41) is 8.30. The third-order valence-corrected chi connectivity index (χ3v) is 1.91. The molecule has 74 valence electrons. The lowest BCUT2D eigenvalue weighted by atomic mass is 9.94. The Hall–Kier alpha value is -0.860. The first-order chi connectivity index (χ1) is 5.71. The summed E-state index contributed by atoms with van der Waals surface area (Å²) in [5.41, 5.74) is 0.104. The maximum atomic E-state index is 4.15. The van der Waals surface area contributed by atoms with Crippen molar-refractivity contribution in [3.8, 4) is 0 Å². The number of aromatic amines is 1. The summed E-state index contributed by atoms with van der Waals surface area (Å²) >= 11 is 0. The van der Waals surface area contributed by atoms with Crippen molar-refractivity contribution in [2.75, 3.05) is 0 Å². The highest BCUT2D eigenvalue weighted by Gasteiger charge is 2.23. The highest BCUT2D eigenvalue weighted by Crippen LogP contribution is 2.22. The van der Waals surface area contributed by atoms with Gasteiger partial charge in [-0.15, -0.1) is 10.2 Å². The Labute approximate surface area is 80.0 Å². The Bertz CT molecular complexity index is 257. The lowest BCUT2D eigenvalue weighted by Gasteiger charge is -2.16. The van der Waals surface area contributed by atoms with Crippen LogP contribution in [0.2, 0.25) is 0 Å². The van der Waals surface area contributed by atoms with Crippen LogP contribution in [-0.2, 0) is 10.8 Å². The molecule has 1 rings (SSSR count). The highest BCUT2D eigenvalue weighted by molar-refractivity contribution is 5.07. The molecule has 0 aliphatic carbocycles. The number of rotatable bonds is 0. The zero-order chi connectivity index (χ0) is 10.3. The molecule has 0 amide bonds. The molecule has 1 aromatic heterocycles. The van der Waals surface area contributed by atoms with Crippen molar-refractivity contribution in [2.45, 2.75) is 52.4 Å². The molecule has 3 nitrogen and oxygen atoms in total. The van der Waals surface area contributed by atoms with Crippen LogP contribution in [0.4, 0.5) is 0 Å². The van der Waals surface area contributed by atoms with Gasteiger partial charge in [0.15, 0.2) is 0 Å². The van der Waals surface area contributed by atoms with Gasteiger partial charge in [-0.05, 0) is 0 Å². The molecule has 1 aromatic rings. The molecule has 0 aliphatic heterocycles. The molecule has 0 unspecified atom stereocenters. The van der Waals surface area contributed by atoms with Gasteiger partial charge in [-0.3, -0.25) is 0 Å². The summed E-state index contributed by atoms with van der Waals surface area (Å²) in [5.74, 6) is 1.91. The fourth-order valence-corrected chi connectivity index (χ4v) is 0.937. The van der Waals surface area contributed by atoms with Gasteiger partial charge in [-0.1, -0.05) is 41.5 Å². The molecule has 13 heavy (non-hydrogen) atoms. The lowest BCUT2D eigenvalue weighted by Crippen LogP contribution is -2.16. The van der Waals surface area contributed by atoms with Crippen LogP contribution in [0.25, 0.3) is 0 Å². The Kier molecular flexibility index (Phi) is 2.22. The average Bonchev–Trinajstić information content (AvgIpc) is 2.28. The predicted molar refractivity (Wildman–Crippen MR) is 53.8 cm³/mol. The molecule has 3 heteroatoms. The van der Waals surface area contributed by atoms with Crippen LogP contribution in [0.5, 0.6) is 0 Å². The fraction of sp³-hybridized carbons (Fsp3) is 0.800. The van der Waals surface area contributed by atoms with Crippen LogP contribution >= 0.6 is 0 Å². The standard InChI is InChI=1S/C10H19N3/c1-9(2,3)7-11-8(13-12-7)10(4,5)6/h1-6H3,(H,11,12,13). The minimum absolute atomic E-state index is 0.0521. The minimum atomic E-state index is 0.0521. The third kappa shape index (κ3) is 2.29. The molecule has 1 heterocycles. The van der Waals surface area contributed by atoms with Crippen LogP contribution in [0.1, 0.15) is 53.2 Å². The van der Waals surface area contributed by atoms with E-state index < -0.39 is 0 Å². The number of nitrogens with zero attached hydrogens (tertiary/aromatic N) is 2. The normalized spacial score (nSPS) is 13.4. The topological polar surface area (TPSA) is 41.6 Å². The van der Waals surface area contributed by atoms with E-state index in [4.69, 9.17) is 0 Å². The quantitative estimate of drug-likeness (QED) is 0.667. The monoisotopic (exact) mass is 181 g/mol. The van der Waals surface area contributed by atoms with Gasteiger partial charge in [-0.25, -0.2) is 0 Å². The van der Waals surface area contributed by atoms with Crippen molar-refractivity contribution in [1.82, 2.24) is 15.2 Å². The number of hydrogen-bond donors (Lipinski definition) is 1. The smallest absolute Gasteiger partial charge is 0.135 e. The number of hydrogen-bond acceptors (Lipinski definition) is 2. The Morgan fingerprint density at radius 3 is 1.23 bits per heavy atom. The molecule has 0 fully saturated rings. The van der Waals surface area contributed by atoms with Crippen molar-refractivity contribution < 1.29 is 0 Å². The number of H-pyrrole nitrogens is 1. The van der Waals surface area contributed by atoms with E-state index in [-0.39, 0.29) is 10.8 Å². The third-order valence-electron chi connectivity index (χ3n) is 1.91. The van der Waals surface area contributed by atoms with Crippen molar-refractivity contribution >= 4 is 0 Å². The molecule has 0 spiro atoms. The SMILES string of the molecule is CC(C)(C)c1nnc(C(C)(C)C)[nH]1. The van der Waals surface area contributed by atoms with E-state index in [9.17, 15) is 0 Å². The zero-order valence-electron chi connectivity index (χ0n) is 9.39. The first-order valence-corrected chi connectivity index (χ1v) is 4.65. The van der Waals surface area contributed by atoms with E-state index >= 15 is 0 Å². The summed E-state index contributed by atoms with van der Waals surface area (Å²) in [6, 6.07) is 0. The van der Waals surface area contributed by atoms with Crippen LogP contribution in [0, 0.1) is 0 Å². The van der Waals surface area contributed by atoms with Gasteiger partial charge >= 0.3 is 0 Å². The Morgan fingerprint density at radius 2 is 1.08 bits per heavy atom. The van der Waals surface area contributed by atoms with Crippen molar-refractivity contribution in [3.05, 3.63) is 11.6 Å². The number of aromatic nitrogens is 3. The maximum absolute atomic E-state index is 4.15. The molecule has 1 N–H and O–H groups in total. The molecule has 0 aliphatic rings. The van der Waals surface area contributed by atoms with Crippen LogP contribution < -0.4 is 0 Å². The molecule has 0 saturated carbocycles. The maximum Gasteiger partial charge on any atom is 0.135 e. The van der Waals surface area contributed by atoms with Crippen molar-refractivity contribution in [3.63, 3.8) is 0 Å². The zero-order valence-corrected chi connectivity index (χ0v) is 9.39. The second kappa shape index (κ2) is 2.82. The fourth-order valence-electron chi connectivity index (χ4n) is 0.937. The summed E-state index contributed by atoms with van der Waals surface area (Å²) < 4.78 is 0. The van der Waals surface area contributed by atoms with Crippen LogP contribution in [0.3, 0.4) is 0 Å². The molecular weight excluding hydrogens is 162 g/mol. The van der Waals surface area contributed by atoms with Gasteiger partial charge in [0.05, 0.1) is 0 Å². The first-order valence-electron chi connectivity index (χ1n) is 4.65. The van der Waals surface area contributed by atoms with Gasteiger partial charge in [0, 0.05) is 10.8 Å². The summed E-state index contributed by atoms with van der Waals surface area (Å²) in [6.07, 6.45) is 0. The van der Waals surface area contributed by atoms with Gasteiger partial charge in [0.1, 0.15) is 11.6 Å². The molecule has 0 saturated heterocycles. The molecule has 0 radical (unpaired) electrons. The summed E-state index contributed by atoms with van der Waals surface area (Å²) in [7, 11) is 0. The molecule has 0 aromatic carbocycles. The first kappa shape index (κ1) is 10.2. The van der Waals surface area contributed by atoms with E-state index in [1.54, 1.807) is 0 Å². The van der Waals surface area contributed by atoms with Crippen LogP contribution in [0.15, 0.2) is 0 Å². The Balaban J connectivity index is 3.01. The summed E-state index contributed by atoms with van der Waals surface area (Å²) in [6.45, 7) is 12.7. The van der Waals surface area contributed by atoms with Gasteiger partial charge in [-0.2, -0.15) is 0 Å². The molecule has 0 atom stereocenters. The molecular formula is C10H19N3. The molecule has 0 bridgehead atoms. The predicted octanol–water partition coefficient (Wildman–Crippen LogP) is 2.40. The average molecular weight is 181 g/mol. The van der Waals surface area contributed by atoms with Gasteiger partial charge in [0.2, 0.25) is 0 Å². The highest BCUT2D eigenvalue weighted by atomic mass is 15.2. The second-order valence-electron chi connectivity index (χ2n) is 5.52. The van der Waals surface area contributed by atoms with Crippen LogP contribution in [-0.4, -0.2) is 15.2 Å². The lowest BCUT2D eigenvalue weighted by molar-refractivity contribution is 0.533. The van der Waals surface area contributed by atoms with E-state index in [1.807, 2.05) is 0 Å². The minimum Gasteiger partial charge on any atom is -0.328 e. The van der Waals surface area contributed by atoms with Crippen molar-refractivity contribution in [2.24, 2.45) is 0 Å². The van der Waals surface area contributed by atoms with Gasteiger partial charge < -0.3 is 4.98 Å². The largest absolute Gasteiger partial charge is 0.328 e. The van der Waals surface area contributed by atoms with E-state index in [0.717, 1.165) is 11.6 Å². The summed E-state index contributed by atoms with van der Waals surface area (Å²) in [4.78, 5) is 3.27. The van der Waals surface area contributed by atoms with E-state index in [0.29, 0.717) is 0 Å². The second-order valence-corrected chi connectivity index (χ2v) is 5.52. The van der Waals surface area contributed by atoms with E-state index in [1.165, 1.54) is 0 Å². The Morgan fingerprint density at radius 1 is 0.769 bits per heavy atom. The van der Waals surface area contributed by atoms with E-state index in [2.05, 4.69) is 56.7 Å².